The van der Waals surface area contributed by atoms with Crippen molar-refractivity contribution < 1.29 is 18.8 Å². The Labute approximate surface area is 161 Å². The fourth-order valence-corrected chi connectivity index (χ4v) is 3.74. The first-order valence-corrected chi connectivity index (χ1v) is 9.27. The summed E-state index contributed by atoms with van der Waals surface area (Å²) >= 11 is 0. The van der Waals surface area contributed by atoms with Crippen LogP contribution >= 0.6 is 0 Å². The Kier molecular flexibility index (Phi) is 4.00. The van der Waals surface area contributed by atoms with Crippen LogP contribution in [0.1, 0.15) is 36.7 Å². The highest BCUT2D eigenvalue weighted by atomic mass is 16.7. The summed E-state index contributed by atoms with van der Waals surface area (Å²) in [5, 5.41) is 4.13. The summed E-state index contributed by atoms with van der Waals surface area (Å²) in [5.41, 5.74) is 1.88. The van der Waals surface area contributed by atoms with Gasteiger partial charge in [0.1, 0.15) is 0 Å². The van der Waals surface area contributed by atoms with E-state index in [-0.39, 0.29) is 24.7 Å². The maximum Gasteiger partial charge on any atom is 0.258 e. The van der Waals surface area contributed by atoms with Gasteiger partial charge in [-0.2, -0.15) is 4.98 Å². The van der Waals surface area contributed by atoms with Crippen molar-refractivity contribution in [2.45, 2.75) is 25.3 Å². The van der Waals surface area contributed by atoms with Crippen LogP contribution in [0, 0.1) is 0 Å². The number of nitrogens with zero attached hydrogens (tertiary/aromatic N) is 3. The Hall–Kier alpha value is -3.35. The number of aromatic nitrogens is 2. The largest absolute Gasteiger partial charge is 0.454 e. The van der Waals surface area contributed by atoms with Gasteiger partial charge in [-0.15, -0.1) is 0 Å². The van der Waals surface area contributed by atoms with E-state index in [1.165, 1.54) is 0 Å². The Morgan fingerprint density at radius 3 is 2.79 bits per heavy atom. The predicted molar refractivity (Wildman–Crippen MR) is 99.8 cm³/mol. The number of benzene rings is 2. The number of hydrogen-bond donors (Lipinski definition) is 0. The molecule has 7 heteroatoms. The van der Waals surface area contributed by atoms with Crippen molar-refractivity contribution >= 4 is 5.91 Å². The number of hydrogen-bond acceptors (Lipinski definition) is 6. The summed E-state index contributed by atoms with van der Waals surface area (Å²) < 4.78 is 16.2. The zero-order valence-corrected chi connectivity index (χ0v) is 15.4. The number of likely N-dealkylation sites (tertiary alicyclic amines) is 1. The minimum absolute atomic E-state index is 0.0129. The topological polar surface area (TPSA) is 77.7 Å². The standard InChI is InChI=1S/C21H19N3O4/c1-13(14-5-3-2-4-6-14)24-11-16(10-19(24)25)20-22-21(28-23-20)15-7-8-17-18(9-15)27-12-26-17/h2-9,13,16H,10-12H2,1H3. The minimum atomic E-state index is -0.0785. The van der Waals surface area contributed by atoms with E-state index < -0.39 is 0 Å². The van der Waals surface area contributed by atoms with Crippen molar-refractivity contribution in [3.63, 3.8) is 0 Å². The van der Waals surface area contributed by atoms with Crippen LogP contribution in [0.3, 0.4) is 0 Å². The van der Waals surface area contributed by atoms with Gasteiger partial charge in [0.2, 0.25) is 12.7 Å². The van der Waals surface area contributed by atoms with Crippen molar-refractivity contribution in [2.75, 3.05) is 13.3 Å². The zero-order valence-electron chi connectivity index (χ0n) is 15.4. The predicted octanol–water partition coefficient (Wildman–Crippen LogP) is 3.54. The smallest absolute Gasteiger partial charge is 0.258 e. The summed E-state index contributed by atoms with van der Waals surface area (Å²) in [5.74, 6) is 2.37. The molecular formula is C21H19N3O4. The van der Waals surface area contributed by atoms with Gasteiger partial charge in [0.15, 0.2) is 17.3 Å². The minimum Gasteiger partial charge on any atom is -0.454 e. The molecule has 1 aromatic heterocycles. The molecule has 1 saturated heterocycles. The fourth-order valence-electron chi connectivity index (χ4n) is 3.74. The number of fused-ring (bicyclic) bond motifs is 1. The molecule has 3 aromatic rings. The molecule has 0 aliphatic carbocycles. The molecule has 142 valence electrons. The van der Waals surface area contributed by atoms with E-state index in [0.29, 0.717) is 36.2 Å². The molecule has 3 heterocycles. The fraction of sp³-hybridized carbons (Fsp3) is 0.286. The van der Waals surface area contributed by atoms with Crippen LogP contribution in [0.15, 0.2) is 53.1 Å². The molecule has 0 bridgehead atoms. The number of carbonyl (C=O) groups excluding carboxylic acids is 1. The molecule has 0 radical (unpaired) electrons. The molecule has 2 aliphatic heterocycles. The Morgan fingerprint density at radius 2 is 1.93 bits per heavy atom. The summed E-state index contributed by atoms with van der Waals surface area (Å²) in [6.07, 6.45) is 0.386. The van der Waals surface area contributed by atoms with E-state index in [9.17, 15) is 4.79 Å². The summed E-state index contributed by atoms with van der Waals surface area (Å²) in [6.45, 7) is 2.84. The van der Waals surface area contributed by atoms with Crippen molar-refractivity contribution in [3.05, 3.63) is 59.9 Å². The van der Waals surface area contributed by atoms with Crippen LogP contribution in [0.5, 0.6) is 11.5 Å². The van der Waals surface area contributed by atoms with E-state index in [0.717, 1.165) is 11.1 Å². The van der Waals surface area contributed by atoms with Gasteiger partial charge in [-0.1, -0.05) is 35.5 Å². The van der Waals surface area contributed by atoms with Gasteiger partial charge < -0.3 is 18.9 Å². The van der Waals surface area contributed by atoms with Crippen LogP contribution in [0.2, 0.25) is 0 Å². The van der Waals surface area contributed by atoms with Gasteiger partial charge >= 0.3 is 0 Å². The monoisotopic (exact) mass is 377 g/mol. The van der Waals surface area contributed by atoms with Gasteiger partial charge in [-0.05, 0) is 30.7 Å². The lowest BCUT2D eigenvalue weighted by atomic mass is 10.1. The van der Waals surface area contributed by atoms with Gasteiger partial charge in [0.05, 0.1) is 6.04 Å². The maximum atomic E-state index is 12.6. The third kappa shape index (κ3) is 2.89. The van der Waals surface area contributed by atoms with Gasteiger partial charge in [-0.25, -0.2) is 0 Å². The van der Waals surface area contributed by atoms with Gasteiger partial charge in [-0.3, -0.25) is 4.79 Å². The summed E-state index contributed by atoms with van der Waals surface area (Å²) in [6, 6.07) is 15.5. The normalized spacial score (nSPS) is 19.2. The number of carbonyl (C=O) groups is 1. The Balaban J connectivity index is 1.34. The van der Waals surface area contributed by atoms with Crippen molar-refractivity contribution in [1.29, 1.82) is 0 Å². The van der Waals surface area contributed by atoms with E-state index in [1.807, 2.05) is 60.4 Å². The highest BCUT2D eigenvalue weighted by molar-refractivity contribution is 5.80. The average Bonchev–Trinajstić information content (AvgIpc) is 3.46. The third-order valence-corrected chi connectivity index (χ3v) is 5.33. The number of amides is 1. The van der Waals surface area contributed by atoms with Gasteiger partial charge in [0.25, 0.3) is 5.89 Å². The number of rotatable bonds is 4. The molecule has 2 unspecified atom stereocenters. The van der Waals surface area contributed by atoms with Crippen LogP contribution in [0.25, 0.3) is 11.5 Å². The van der Waals surface area contributed by atoms with Crippen LogP contribution in [0.4, 0.5) is 0 Å². The van der Waals surface area contributed by atoms with Crippen molar-refractivity contribution in [1.82, 2.24) is 15.0 Å². The molecule has 5 rings (SSSR count). The van der Waals surface area contributed by atoms with Crippen LogP contribution < -0.4 is 9.47 Å². The quantitative estimate of drug-likeness (QED) is 0.692. The summed E-state index contributed by atoms with van der Waals surface area (Å²) in [7, 11) is 0. The average molecular weight is 377 g/mol. The van der Waals surface area contributed by atoms with E-state index >= 15 is 0 Å². The molecule has 7 nitrogen and oxygen atoms in total. The molecule has 2 atom stereocenters. The first-order chi connectivity index (χ1) is 13.7. The lowest BCUT2D eigenvalue weighted by Gasteiger charge is -2.25. The molecule has 0 spiro atoms. The highest BCUT2D eigenvalue weighted by Gasteiger charge is 2.36. The first kappa shape index (κ1) is 16.8. The SMILES string of the molecule is CC(c1ccccc1)N1CC(c2noc(-c3ccc4c(c3)OCO4)n2)CC1=O. The van der Waals surface area contributed by atoms with E-state index in [2.05, 4.69) is 10.1 Å². The molecular weight excluding hydrogens is 358 g/mol. The molecule has 1 amide bonds. The maximum absolute atomic E-state index is 12.6. The summed E-state index contributed by atoms with van der Waals surface area (Å²) in [4.78, 5) is 19.0. The lowest BCUT2D eigenvalue weighted by Crippen LogP contribution is -2.28. The Bertz CT molecular complexity index is 1020. The van der Waals surface area contributed by atoms with Crippen LogP contribution in [-0.4, -0.2) is 34.3 Å². The van der Waals surface area contributed by atoms with E-state index in [1.54, 1.807) is 0 Å². The number of ether oxygens (including phenoxy) is 2. The first-order valence-electron chi connectivity index (χ1n) is 9.27. The van der Waals surface area contributed by atoms with Crippen LogP contribution in [-0.2, 0) is 4.79 Å². The highest BCUT2D eigenvalue weighted by Crippen LogP contribution is 2.37. The van der Waals surface area contributed by atoms with Crippen molar-refractivity contribution in [2.24, 2.45) is 0 Å². The molecule has 1 fully saturated rings. The second-order valence-electron chi connectivity index (χ2n) is 7.06. The third-order valence-electron chi connectivity index (χ3n) is 5.33. The molecule has 2 aliphatic rings. The Morgan fingerprint density at radius 1 is 1.11 bits per heavy atom. The zero-order chi connectivity index (χ0) is 19.1. The van der Waals surface area contributed by atoms with Gasteiger partial charge in [0, 0.05) is 24.4 Å². The lowest BCUT2D eigenvalue weighted by molar-refractivity contribution is -0.129. The molecule has 0 N–H and O–H groups in total. The molecule has 0 saturated carbocycles. The van der Waals surface area contributed by atoms with Crippen molar-refractivity contribution in [3.8, 4) is 23.0 Å². The molecule has 2 aromatic carbocycles. The second-order valence-corrected chi connectivity index (χ2v) is 7.06. The molecule has 28 heavy (non-hydrogen) atoms. The second kappa shape index (κ2) is 6.67. The van der Waals surface area contributed by atoms with E-state index in [4.69, 9.17) is 14.0 Å².